The molecule has 2 rings (SSSR count). The third kappa shape index (κ3) is 4.57. The van der Waals surface area contributed by atoms with Crippen LogP contribution in [0.5, 0.6) is 0 Å². The number of halogens is 1. The van der Waals surface area contributed by atoms with Gasteiger partial charge in [-0.2, -0.15) is 0 Å². The van der Waals surface area contributed by atoms with E-state index < -0.39 is 11.7 Å². The van der Waals surface area contributed by atoms with Gasteiger partial charge in [0.1, 0.15) is 5.82 Å². The Morgan fingerprint density at radius 3 is 2.43 bits per heavy atom. The molecule has 118 valence electrons. The Morgan fingerprint density at radius 2 is 1.83 bits per heavy atom. The van der Waals surface area contributed by atoms with Gasteiger partial charge in [-0.3, -0.25) is 4.79 Å². The molecule has 23 heavy (non-hydrogen) atoms. The van der Waals surface area contributed by atoms with Crippen LogP contribution in [0, 0.1) is 16.6 Å². The van der Waals surface area contributed by atoms with E-state index in [4.69, 9.17) is 10.8 Å². The van der Waals surface area contributed by atoms with Gasteiger partial charge in [0.05, 0.1) is 5.92 Å². The molecule has 0 radical (unpaired) electrons. The summed E-state index contributed by atoms with van der Waals surface area (Å²) in [4.78, 5) is 11.9. The molecule has 2 aromatic carbocycles. The fourth-order valence-corrected chi connectivity index (χ4v) is 2.23. The van der Waals surface area contributed by atoms with Crippen LogP contribution in [0.1, 0.15) is 23.5 Å². The van der Waals surface area contributed by atoms with Gasteiger partial charge in [-0.1, -0.05) is 36.4 Å². The molecular weight excluding hydrogens is 293 g/mol. The van der Waals surface area contributed by atoms with Crippen LogP contribution in [-0.4, -0.2) is 18.3 Å². The first-order chi connectivity index (χ1) is 11.1. The van der Waals surface area contributed by atoms with Crippen molar-refractivity contribution in [1.29, 1.82) is 10.8 Å². The number of rotatable bonds is 7. The summed E-state index contributed by atoms with van der Waals surface area (Å²) in [6, 6.07) is 14.0. The zero-order valence-corrected chi connectivity index (χ0v) is 12.6. The van der Waals surface area contributed by atoms with Crippen molar-refractivity contribution in [2.24, 2.45) is 0 Å². The Balaban J connectivity index is 1.97. The average molecular weight is 311 g/mol. The lowest BCUT2D eigenvalue weighted by atomic mass is 10.0. The van der Waals surface area contributed by atoms with Crippen molar-refractivity contribution in [3.05, 3.63) is 65.5 Å². The number of amides is 1. The van der Waals surface area contributed by atoms with Crippen LogP contribution in [0.3, 0.4) is 0 Å². The smallest absolute Gasteiger partial charge is 0.224 e. The van der Waals surface area contributed by atoms with Crippen molar-refractivity contribution in [2.75, 3.05) is 5.32 Å². The average Bonchev–Trinajstić information content (AvgIpc) is 2.57. The van der Waals surface area contributed by atoms with Gasteiger partial charge in [0.2, 0.25) is 5.91 Å². The fourth-order valence-electron chi connectivity index (χ4n) is 2.23. The summed E-state index contributed by atoms with van der Waals surface area (Å²) >= 11 is 0. The maximum absolute atomic E-state index is 14.0. The van der Waals surface area contributed by atoms with Crippen LogP contribution >= 0.6 is 0 Å². The predicted octanol–water partition coefficient (Wildman–Crippen LogP) is 3.78. The molecule has 0 aromatic heterocycles. The zero-order chi connectivity index (χ0) is 16.7. The minimum Gasteiger partial charge on any atom is -0.326 e. The van der Waals surface area contributed by atoms with Gasteiger partial charge in [0.25, 0.3) is 0 Å². The summed E-state index contributed by atoms with van der Waals surface area (Å²) in [6.07, 6.45) is 2.95. The molecule has 0 spiro atoms. The molecule has 3 N–H and O–H groups in total. The molecule has 4 nitrogen and oxygen atoms in total. The van der Waals surface area contributed by atoms with Crippen LogP contribution in [0.2, 0.25) is 0 Å². The lowest BCUT2D eigenvalue weighted by molar-refractivity contribution is -0.116. The van der Waals surface area contributed by atoms with E-state index in [2.05, 4.69) is 5.32 Å². The molecule has 0 unspecified atom stereocenters. The lowest BCUT2D eigenvalue weighted by Crippen LogP contribution is -2.13. The first-order valence-corrected chi connectivity index (χ1v) is 7.28. The maximum Gasteiger partial charge on any atom is 0.224 e. The Kier molecular flexibility index (Phi) is 5.74. The van der Waals surface area contributed by atoms with Crippen molar-refractivity contribution in [3.63, 3.8) is 0 Å². The van der Waals surface area contributed by atoms with E-state index in [0.717, 1.165) is 18.0 Å². The van der Waals surface area contributed by atoms with Gasteiger partial charge in [-0.25, -0.2) is 4.39 Å². The molecular formula is C18H18FN3O. The largest absolute Gasteiger partial charge is 0.326 e. The second-order valence-corrected chi connectivity index (χ2v) is 5.13. The second-order valence-electron chi connectivity index (χ2n) is 5.13. The van der Waals surface area contributed by atoms with Crippen LogP contribution in [-0.2, 0) is 11.2 Å². The summed E-state index contributed by atoms with van der Waals surface area (Å²) in [7, 11) is 0. The standard InChI is InChI=1S/C18H18FN3O/c19-17-10-15(7-8-16(17)14(11-20)12-21)22-18(23)9-6-13-4-2-1-3-5-13/h1-5,7-8,10-12,14,20-21H,6,9H2,(H,22,23). The van der Waals surface area contributed by atoms with Crippen LogP contribution in [0.15, 0.2) is 48.5 Å². The zero-order valence-electron chi connectivity index (χ0n) is 12.6. The number of carbonyl (C=O) groups excluding carboxylic acids is 1. The van der Waals surface area contributed by atoms with E-state index >= 15 is 0 Å². The summed E-state index contributed by atoms with van der Waals surface area (Å²) in [5, 5.41) is 17.0. The predicted molar refractivity (Wildman–Crippen MR) is 90.1 cm³/mol. The highest BCUT2D eigenvalue weighted by atomic mass is 19.1. The Hall–Kier alpha value is -2.82. The number of hydrogen-bond acceptors (Lipinski definition) is 3. The number of nitrogens with one attached hydrogen (secondary N) is 3. The third-order valence-corrected chi connectivity index (χ3v) is 3.49. The van der Waals surface area contributed by atoms with Crippen molar-refractivity contribution in [3.8, 4) is 0 Å². The van der Waals surface area contributed by atoms with Crippen molar-refractivity contribution in [1.82, 2.24) is 0 Å². The van der Waals surface area contributed by atoms with Gasteiger partial charge < -0.3 is 16.1 Å². The van der Waals surface area contributed by atoms with Gasteiger partial charge in [0.15, 0.2) is 0 Å². The molecule has 0 heterocycles. The monoisotopic (exact) mass is 311 g/mol. The summed E-state index contributed by atoms with van der Waals surface area (Å²) in [5.41, 5.74) is 1.69. The van der Waals surface area contributed by atoms with E-state index in [1.54, 1.807) is 6.07 Å². The van der Waals surface area contributed by atoms with E-state index in [-0.39, 0.29) is 11.5 Å². The van der Waals surface area contributed by atoms with Crippen molar-refractivity contribution >= 4 is 24.0 Å². The summed E-state index contributed by atoms with van der Waals surface area (Å²) in [5.74, 6) is -1.41. The van der Waals surface area contributed by atoms with Gasteiger partial charge in [-0.15, -0.1) is 0 Å². The fraction of sp³-hybridized carbons (Fsp3) is 0.167. The molecule has 0 fully saturated rings. The molecule has 0 aliphatic rings. The number of carbonyl (C=O) groups is 1. The molecule has 0 atom stereocenters. The van der Waals surface area contributed by atoms with E-state index in [1.165, 1.54) is 12.1 Å². The minimum absolute atomic E-state index is 0.184. The van der Waals surface area contributed by atoms with Crippen LogP contribution in [0.4, 0.5) is 10.1 Å². The number of benzene rings is 2. The number of aryl methyl sites for hydroxylation is 1. The van der Waals surface area contributed by atoms with Crippen LogP contribution in [0.25, 0.3) is 0 Å². The normalized spacial score (nSPS) is 11.5. The molecule has 0 saturated heterocycles. The Morgan fingerprint density at radius 1 is 1.13 bits per heavy atom. The highest BCUT2D eigenvalue weighted by molar-refractivity contribution is 5.91. The van der Waals surface area contributed by atoms with E-state index in [9.17, 15) is 9.18 Å². The molecule has 2 aromatic rings. The Bertz CT molecular complexity index is 693. The van der Waals surface area contributed by atoms with Crippen molar-refractivity contribution < 1.29 is 9.18 Å². The highest BCUT2D eigenvalue weighted by Crippen LogP contribution is 2.20. The quantitative estimate of drug-likeness (QED) is 0.669. The Labute approximate surface area is 134 Å². The second kappa shape index (κ2) is 7.98. The third-order valence-electron chi connectivity index (χ3n) is 3.49. The molecule has 0 aliphatic heterocycles. The van der Waals surface area contributed by atoms with Crippen molar-refractivity contribution in [2.45, 2.75) is 18.8 Å². The first-order valence-electron chi connectivity index (χ1n) is 7.28. The molecule has 1 amide bonds. The van der Waals surface area contributed by atoms with Crippen LogP contribution < -0.4 is 5.32 Å². The van der Waals surface area contributed by atoms with Gasteiger partial charge in [-0.05, 0) is 24.1 Å². The summed E-state index contributed by atoms with van der Waals surface area (Å²) in [6.45, 7) is 0. The SMILES string of the molecule is N=CC(C=N)c1ccc(NC(=O)CCc2ccccc2)cc1F. The summed E-state index contributed by atoms with van der Waals surface area (Å²) < 4.78 is 14.0. The van der Waals surface area contributed by atoms with E-state index in [1.807, 2.05) is 30.3 Å². The van der Waals surface area contributed by atoms with E-state index in [0.29, 0.717) is 18.5 Å². The topological polar surface area (TPSA) is 76.8 Å². The number of anilines is 1. The molecule has 0 aliphatic carbocycles. The maximum atomic E-state index is 14.0. The first kappa shape index (κ1) is 16.5. The number of hydrogen-bond donors (Lipinski definition) is 3. The van der Waals surface area contributed by atoms with Gasteiger partial charge in [0, 0.05) is 30.1 Å². The lowest BCUT2D eigenvalue weighted by Gasteiger charge is -2.10. The molecule has 5 heteroatoms. The molecule has 0 bridgehead atoms. The van der Waals surface area contributed by atoms with Gasteiger partial charge >= 0.3 is 0 Å². The highest BCUT2D eigenvalue weighted by Gasteiger charge is 2.12. The minimum atomic E-state index is -0.683. The molecule has 0 saturated carbocycles.